The van der Waals surface area contributed by atoms with Crippen LogP contribution in [0.5, 0.6) is 28.7 Å². The van der Waals surface area contributed by atoms with E-state index in [4.69, 9.17) is 13.9 Å². The number of rotatable bonds is 4. The van der Waals surface area contributed by atoms with Gasteiger partial charge < -0.3 is 54.7 Å². The molecule has 176 valence electrons. The quantitative estimate of drug-likeness (QED) is 0.229. The maximum Gasteiger partial charge on any atom is 0.238 e. The van der Waals surface area contributed by atoms with Crippen molar-refractivity contribution in [1.29, 1.82) is 0 Å². The van der Waals surface area contributed by atoms with Crippen LogP contribution in [0, 0.1) is 0 Å². The number of aliphatic hydroxyl groups excluding tert-OH is 4. The third-order valence-corrected chi connectivity index (χ3v) is 5.26. The van der Waals surface area contributed by atoms with Crippen LogP contribution in [0.1, 0.15) is 0 Å². The molecule has 3 aromatic rings. The lowest BCUT2D eigenvalue weighted by atomic mass is 9.99. The average Bonchev–Trinajstić information content (AvgIpc) is 2.78. The molecule has 0 radical (unpaired) electrons. The zero-order valence-corrected chi connectivity index (χ0v) is 16.7. The molecule has 4 rings (SSSR count). The summed E-state index contributed by atoms with van der Waals surface area (Å²) < 4.78 is 16.3. The van der Waals surface area contributed by atoms with Crippen molar-refractivity contribution in [2.45, 2.75) is 30.7 Å². The van der Waals surface area contributed by atoms with Gasteiger partial charge in [0.25, 0.3) is 0 Å². The summed E-state index contributed by atoms with van der Waals surface area (Å²) in [4.78, 5) is 12.6. The van der Waals surface area contributed by atoms with Crippen molar-refractivity contribution < 1.29 is 54.7 Å². The molecule has 1 aromatic heterocycles. The molecule has 0 unspecified atom stereocenters. The molecule has 0 aliphatic carbocycles. The molecule has 5 atom stereocenters. The molecule has 1 aliphatic rings. The summed E-state index contributed by atoms with van der Waals surface area (Å²) in [7, 11) is 0. The van der Waals surface area contributed by atoms with E-state index in [1.54, 1.807) is 0 Å². The Kier molecular flexibility index (Phi) is 5.78. The molecule has 33 heavy (non-hydrogen) atoms. The summed E-state index contributed by atoms with van der Waals surface area (Å²) >= 11 is 0. The largest absolute Gasteiger partial charge is 0.507 e. The number of phenols is 3. The van der Waals surface area contributed by atoms with E-state index in [-0.39, 0.29) is 28.0 Å². The van der Waals surface area contributed by atoms with Crippen molar-refractivity contribution >= 4 is 11.0 Å². The smallest absolute Gasteiger partial charge is 0.238 e. The molecule has 1 saturated heterocycles. The first-order valence-corrected chi connectivity index (χ1v) is 9.64. The summed E-state index contributed by atoms with van der Waals surface area (Å²) in [5.74, 6) is -3.02. The normalized spacial score (nSPS) is 25.3. The minimum absolute atomic E-state index is 0.0431. The summed E-state index contributed by atoms with van der Waals surface area (Å²) in [6.07, 6.45) is -7.80. The molecule has 2 aromatic carbocycles. The Hall–Kier alpha value is -3.55. The van der Waals surface area contributed by atoms with E-state index in [1.165, 1.54) is 6.07 Å². The molecule has 0 bridgehead atoms. The van der Waals surface area contributed by atoms with E-state index in [2.05, 4.69) is 0 Å². The fraction of sp³-hybridized carbons (Fsp3) is 0.286. The maximum absolute atomic E-state index is 12.6. The van der Waals surface area contributed by atoms with Crippen molar-refractivity contribution in [3.8, 4) is 40.1 Å². The Labute approximate surface area is 184 Å². The van der Waals surface area contributed by atoms with Gasteiger partial charge in [-0.3, -0.25) is 4.79 Å². The molecule has 0 amide bonds. The van der Waals surface area contributed by atoms with Gasteiger partial charge in [-0.15, -0.1) is 0 Å². The first-order chi connectivity index (χ1) is 15.6. The van der Waals surface area contributed by atoms with E-state index in [1.807, 2.05) is 0 Å². The predicted molar refractivity (Wildman–Crippen MR) is 109 cm³/mol. The Morgan fingerprint density at radius 2 is 1.61 bits per heavy atom. The number of ether oxygens (including phenoxy) is 2. The van der Waals surface area contributed by atoms with Crippen molar-refractivity contribution in [1.82, 2.24) is 0 Å². The lowest BCUT2D eigenvalue weighted by molar-refractivity contribution is -0.277. The second-order valence-corrected chi connectivity index (χ2v) is 7.44. The SMILES string of the molecule is O=c1c(O)c(-c2ccc(O)c(O)c2)oc2cc(O[C@H]3O[C@H](CO)[C@@H](O)[C@H](O)[C@H]3O)cc(O)c12. The number of fused-ring (bicyclic) bond motifs is 1. The summed E-state index contributed by atoms with van der Waals surface area (Å²) in [5.41, 5.74) is -1.20. The Morgan fingerprint density at radius 3 is 2.27 bits per heavy atom. The van der Waals surface area contributed by atoms with Gasteiger partial charge >= 0.3 is 0 Å². The van der Waals surface area contributed by atoms with E-state index >= 15 is 0 Å². The molecule has 1 aliphatic heterocycles. The molecule has 0 spiro atoms. The minimum atomic E-state index is -1.72. The standard InChI is InChI=1S/C21H20O12/c22-6-13-15(26)17(28)19(30)21(33-13)31-8-4-11(25)14-12(5-8)32-20(18(29)16(14)27)7-1-2-9(23)10(24)3-7/h1-5,13,15,17,19,21-26,28-30H,6H2/t13-,15-,17+,19-,21+/m1/s1. The van der Waals surface area contributed by atoms with Crippen molar-refractivity contribution in [3.05, 3.63) is 40.6 Å². The molecule has 12 nitrogen and oxygen atoms in total. The summed E-state index contributed by atoms with van der Waals surface area (Å²) in [6, 6.07) is 5.55. The van der Waals surface area contributed by atoms with Crippen molar-refractivity contribution in [3.63, 3.8) is 0 Å². The van der Waals surface area contributed by atoms with Gasteiger partial charge in [0.15, 0.2) is 17.3 Å². The van der Waals surface area contributed by atoms with Gasteiger partial charge in [-0.25, -0.2) is 0 Å². The van der Waals surface area contributed by atoms with Crippen LogP contribution in [-0.2, 0) is 4.74 Å². The van der Waals surface area contributed by atoms with Gasteiger partial charge in [0.1, 0.15) is 46.9 Å². The molecular formula is C21H20O12. The van der Waals surface area contributed by atoms with Gasteiger partial charge in [0.05, 0.1) is 6.61 Å². The second kappa shape index (κ2) is 8.42. The third kappa shape index (κ3) is 3.90. The number of aliphatic hydroxyl groups is 4. The van der Waals surface area contributed by atoms with Crippen molar-refractivity contribution in [2.24, 2.45) is 0 Å². The third-order valence-electron chi connectivity index (χ3n) is 5.26. The van der Waals surface area contributed by atoms with Crippen LogP contribution in [0.3, 0.4) is 0 Å². The molecule has 12 heteroatoms. The molecule has 8 N–H and O–H groups in total. The first kappa shape index (κ1) is 22.6. The van der Waals surface area contributed by atoms with Crippen LogP contribution in [0.2, 0.25) is 0 Å². The van der Waals surface area contributed by atoms with Crippen molar-refractivity contribution in [2.75, 3.05) is 6.61 Å². The van der Waals surface area contributed by atoms with E-state index < -0.39 is 65.7 Å². The second-order valence-electron chi connectivity index (χ2n) is 7.44. The molecule has 1 fully saturated rings. The highest BCUT2D eigenvalue weighted by atomic mass is 16.7. The topological polar surface area (TPSA) is 211 Å². The number of phenolic OH excluding ortho intramolecular Hbond substituents is 3. The van der Waals surface area contributed by atoms with Crippen LogP contribution in [-0.4, -0.2) is 78.2 Å². The molecule has 2 heterocycles. The van der Waals surface area contributed by atoms with Gasteiger partial charge in [-0.1, -0.05) is 0 Å². The highest BCUT2D eigenvalue weighted by molar-refractivity contribution is 5.88. The van der Waals surface area contributed by atoms with Crippen LogP contribution in [0.15, 0.2) is 39.5 Å². The van der Waals surface area contributed by atoms with Gasteiger partial charge in [-0.05, 0) is 18.2 Å². The molecule has 0 saturated carbocycles. The van der Waals surface area contributed by atoms with Gasteiger partial charge in [-0.2, -0.15) is 0 Å². The highest BCUT2D eigenvalue weighted by Gasteiger charge is 2.44. The van der Waals surface area contributed by atoms with E-state index in [0.717, 1.165) is 24.3 Å². The zero-order valence-electron chi connectivity index (χ0n) is 16.7. The number of hydrogen-bond donors (Lipinski definition) is 8. The Balaban J connectivity index is 1.76. The van der Waals surface area contributed by atoms with E-state index in [9.17, 15) is 45.6 Å². The zero-order chi connectivity index (χ0) is 24.0. The Bertz CT molecular complexity index is 1250. The highest BCUT2D eigenvalue weighted by Crippen LogP contribution is 2.38. The average molecular weight is 464 g/mol. The summed E-state index contributed by atoms with van der Waals surface area (Å²) in [5, 5.41) is 78.6. The van der Waals surface area contributed by atoms with Crippen LogP contribution < -0.4 is 10.2 Å². The fourth-order valence-electron chi connectivity index (χ4n) is 3.49. The lowest BCUT2D eigenvalue weighted by Gasteiger charge is -2.39. The number of hydrogen-bond acceptors (Lipinski definition) is 12. The van der Waals surface area contributed by atoms with E-state index in [0.29, 0.717) is 0 Å². The first-order valence-electron chi connectivity index (χ1n) is 9.64. The van der Waals surface area contributed by atoms with Gasteiger partial charge in [0.2, 0.25) is 17.5 Å². The maximum atomic E-state index is 12.6. The van der Waals surface area contributed by atoms with Crippen LogP contribution in [0.25, 0.3) is 22.3 Å². The molecular weight excluding hydrogens is 444 g/mol. The Morgan fingerprint density at radius 1 is 0.879 bits per heavy atom. The van der Waals surface area contributed by atoms with Gasteiger partial charge in [0, 0.05) is 17.7 Å². The minimum Gasteiger partial charge on any atom is -0.507 e. The fourth-order valence-corrected chi connectivity index (χ4v) is 3.49. The summed E-state index contributed by atoms with van der Waals surface area (Å²) in [6.45, 7) is -0.676. The monoisotopic (exact) mass is 464 g/mol. The van der Waals surface area contributed by atoms with Crippen LogP contribution in [0.4, 0.5) is 0 Å². The number of benzene rings is 2. The lowest BCUT2D eigenvalue weighted by Crippen LogP contribution is -2.60. The number of aromatic hydroxyl groups is 4. The predicted octanol–water partition coefficient (Wildman–Crippen LogP) is -0.539. The van der Waals surface area contributed by atoms with Crippen LogP contribution >= 0.6 is 0 Å².